The van der Waals surface area contributed by atoms with Crippen LogP contribution in [0.1, 0.15) is 37.7 Å². The summed E-state index contributed by atoms with van der Waals surface area (Å²) in [5.41, 5.74) is 1.62. The maximum absolute atomic E-state index is 12.0. The zero-order valence-corrected chi connectivity index (χ0v) is 10.8. The van der Waals surface area contributed by atoms with E-state index in [4.69, 9.17) is 11.6 Å². The van der Waals surface area contributed by atoms with Crippen molar-refractivity contribution in [1.29, 1.82) is 0 Å². The minimum Gasteiger partial charge on any atom is -0.323 e. The Morgan fingerprint density at radius 3 is 2.82 bits per heavy atom. The van der Waals surface area contributed by atoms with Crippen molar-refractivity contribution in [1.82, 2.24) is 4.98 Å². The largest absolute Gasteiger partial charge is 0.323 e. The van der Waals surface area contributed by atoms with E-state index < -0.39 is 0 Å². The van der Waals surface area contributed by atoms with Crippen LogP contribution in [0.15, 0.2) is 12.3 Å². The van der Waals surface area contributed by atoms with Gasteiger partial charge < -0.3 is 5.32 Å². The highest BCUT2D eigenvalue weighted by Gasteiger charge is 2.21. The van der Waals surface area contributed by atoms with Crippen LogP contribution in [-0.4, -0.2) is 10.9 Å². The molecule has 1 N–H and O–H groups in total. The number of carbonyl (C=O) groups is 1. The van der Waals surface area contributed by atoms with Gasteiger partial charge in [-0.2, -0.15) is 0 Å². The maximum Gasteiger partial charge on any atom is 0.227 e. The molecule has 1 aliphatic carbocycles. The summed E-state index contributed by atoms with van der Waals surface area (Å²) < 4.78 is 0. The lowest BCUT2D eigenvalue weighted by atomic mass is 9.88. The van der Waals surface area contributed by atoms with E-state index in [9.17, 15) is 4.79 Å². The third-order valence-corrected chi connectivity index (χ3v) is 3.51. The van der Waals surface area contributed by atoms with Crippen molar-refractivity contribution >= 4 is 23.2 Å². The number of aromatic nitrogens is 1. The molecule has 0 radical (unpaired) electrons. The average molecular weight is 253 g/mol. The predicted molar refractivity (Wildman–Crippen MR) is 69.2 cm³/mol. The number of hydrogen-bond donors (Lipinski definition) is 1. The van der Waals surface area contributed by atoms with Crippen LogP contribution in [0.5, 0.6) is 0 Å². The first-order valence-corrected chi connectivity index (χ1v) is 6.47. The number of anilines is 1. The summed E-state index contributed by atoms with van der Waals surface area (Å²) in [7, 11) is 0. The van der Waals surface area contributed by atoms with Crippen molar-refractivity contribution in [3.8, 4) is 0 Å². The lowest BCUT2D eigenvalue weighted by Crippen LogP contribution is -2.25. The van der Waals surface area contributed by atoms with E-state index in [1.165, 1.54) is 6.42 Å². The fourth-order valence-electron chi connectivity index (χ4n) is 2.24. The number of hydrogen-bond acceptors (Lipinski definition) is 2. The van der Waals surface area contributed by atoms with E-state index in [-0.39, 0.29) is 11.8 Å². The zero-order chi connectivity index (χ0) is 12.3. The molecule has 17 heavy (non-hydrogen) atoms. The van der Waals surface area contributed by atoms with Gasteiger partial charge in [0.25, 0.3) is 0 Å². The molecule has 0 bridgehead atoms. The number of halogens is 1. The number of aryl methyl sites for hydroxylation is 1. The Bertz CT molecular complexity index is 414. The summed E-state index contributed by atoms with van der Waals surface area (Å²) in [5.74, 6) is 0.222. The van der Waals surface area contributed by atoms with E-state index in [0.29, 0.717) is 10.8 Å². The molecule has 3 nitrogen and oxygen atoms in total. The van der Waals surface area contributed by atoms with Gasteiger partial charge in [0.05, 0.1) is 5.69 Å². The minimum atomic E-state index is 0.0824. The smallest absolute Gasteiger partial charge is 0.227 e. The molecule has 0 aliphatic heterocycles. The molecular formula is C13H17ClN2O. The molecule has 2 rings (SSSR count). The predicted octanol–water partition coefficient (Wildman–Crippen LogP) is 3.56. The Hall–Kier alpha value is -1.09. The molecule has 1 aromatic rings. The molecule has 0 unspecified atom stereocenters. The number of carbonyl (C=O) groups excluding carboxylic acids is 1. The van der Waals surface area contributed by atoms with Gasteiger partial charge in [-0.3, -0.25) is 4.79 Å². The molecule has 92 valence electrons. The molecule has 1 amide bonds. The maximum atomic E-state index is 12.0. The van der Waals surface area contributed by atoms with Crippen LogP contribution >= 0.6 is 11.6 Å². The summed E-state index contributed by atoms with van der Waals surface area (Å²) in [6, 6.07) is 1.86. The number of nitrogens with zero attached hydrogens (tertiary/aromatic N) is 1. The van der Waals surface area contributed by atoms with Gasteiger partial charge in [-0.1, -0.05) is 30.9 Å². The SMILES string of the molecule is Cc1cnc(Cl)c(NC(=O)C2CCCCC2)c1. The van der Waals surface area contributed by atoms with Crippen LogP contribution in [0.2, 0.25) is 5.15 Å². The van der Waals surface area contributed by atoms with Crippen LogP contribution in [0, 0.1) is 12.8 Å². The van der Waals surface area contributed by atoms with Gasteiger partial charge in [-0.05, 0) is 31.4 Å². The van der Waals surface area contributed by atoms with E-state index in [1.54, 1.807) is 6.20 Å². The van der Waals surface area contributed by atoms with Crippen molar-refractivity contribution in [2.45, 2.75) is 39.0 Å². The first-order chi connectivity index (χ1) is 8.16. The minimum absolute atomic E-state index is 0.0824. The molecule has 1 aromatic heterocycles. The Morgan fingerprint density at radius 1 is 1.41 bits per heavy atom. The van der Waals surface area contributed by atoms with Gasteiger partial charge in [0, 0.05) is 12.1 Å². The second-order valence-corrected chi connectivity index (χ2v) is 5.03. The van der Waals surface area contributed by atoms with Gasteiger partial charge in [0.1, 0.15) is 0 Å². The highest BCUT2D eigenvalue weighted by Crippen LogP contribution is 2.26. The zero-order valence-electron chi connectivity index (χ0n) is 10.0. The molecule has 1 aliphatic rings. The van der Waals surface area contributed by atoms with Crippen molar-refractivity contribution in [2.24, 2.45) is 5.92 Å². The van der Waals surface area contributed by atoms with Crippen LogP contribution in [0.4, 0.5) is 5.69 Å². The van der Waals surface area contributed by atoms with E-state index >= 15 is 0 Å². The van der Waals surface area contributed by atoms with Crippen molar-refractivity contribution in [2.75, 3.05) is 5.32 Å². The second-order valence-electron chi connectivity index (χ2n) is 4.68. The van der Waals surface area contributed by atoms with Gasteiger partial charge >= 0.3 is 0 Å². The molecule has 1 fully saturated rings. The molecule has 1 heterocycles. The Labute approximate surface area is 107 Å². The number of rotatable bonds is 2. The number of pyridine rings is 1. The summed E-state index contributed by atoms with van der Waals surface area (Å²) in [4.78, 5) is 16.1. The fraction of sp³-hybridized carbons (Fsp3) is 0.538. The highest BCUT2D eigenvalue weighted by molar-refractivity contribution is 6.32. The van der Waals surface area contributed by atoms with Crippen LogP contribution in [0.25, 0.3) is 0 Å². The van der Waals surface area contributed by atoms with Crippen LogP contribution in [-0.2, 0) is 4.79 Å². The van der Waals surface area contributed by atoms with Gasteiger partial charge in [-0.15, -0.1) is 0 Å². The molecule has 0 spiro atoms. The molecule has 4 heteroatoms. The molecule has 0 aromatic carbocycles. The fourth-order valence-corrected chi connectivity index (χ4v) is 2.39. The normalized spacial score (nSPS) is 16.8. The van der Waals surface area contributed by atoms with E-state index in [2.05, 4.69) is 10.3 Å². The average Bonchev–Trinajstić information content (AvgIpc) is 2.35. The highest BCUT2D eigenvalue weighted by atomic mass is 35.5. The topological polar surface area (TPSA) is 42.0 Å². The molecule has 0 saturated heterocycles. The summed E-state index contributed by atoms with van der Waals surface area (Å²) >= 11 is 5.95. The second kappa shape index (κ2) is 5.50. The third kappa shape index (κ3) is 3.19. The summed E-state index contributed by atoms with van der Waals surface area (Å²) in [5, 5.41) is 3.25. The quantitative estimate of drug-likeness (QED) is 0.818. The summed E-state index contributed by atoms with van der Waals surface area (Å²) in [6.45, 7) is 1.93. The monoisotopic (exact) mass is 252 g/mol. The van der Waals surface area contributed by atoms with Crippen molar-refractivity contribution in [3.63, 3.8) is 0 Å². The van der Waals surface area contributed by atoms with Crippen LogP contribution < -0.4 is 5.32 Å². The van der Waals surface area contributed by atoms with Gasteiger partial charge in [0.2, 0.25) is 5.91 Å². The van der Waals surface area contributed by atoms with E-state index in [1.807, 2.05) is 13.0 Å². The Balaban J connectivity index is 2.04. The standard InChI is InChI=1S/C13H17ClN2O/c1-9-7-11(12(14)15-8-9)16-13(17)10-5-3-2-4-6-10/h7-8,10H,2-6H2,1H3,(H,16,17). The number of nitrogens with one attached hydrogen (secondary N) is 1. The van der Waals surface area contributed by atoms with Gasteiger partial charge in [0.15, 0.2) is 5.15 Å². The van der Waals surface area contributed by atoms with Crippen LogP contribution in [0.3, 0.4) is 0 Å². The van der Waals surface area contributed by atoms with Crippen molar-refractivity contribution in [3.05, 3.63) is 23.0 Å². The van der Waals surface area contributed by atoms with E-state index in [0.717, 1.165) is 31.2 Å². The Kier molecular flexibility index (Phi) is 4.00. The summed E-state index contributed by atoms with van der Waals surface area (Å²) in [6.07, 6.45) is 7.22. The lowest BCUT2D eigenvalue weighted by Gasteiger charge is -2.20. The molecule has 0 atom stereocenters. The lowest BCUT2D eigenvalue weighted by molar-refractivity contribution is -0.120. The van der Waals surface area contributed by atoms with Gasteiger partial charge in [-0.25, -0.2) is 4.98 Å². The van der Waals surface area contributed by atoms with Crippen molar-refractivity contribution < 1.29 is 4.79 Å². The molecule has 1 saturated carbocycles. The molecular weight excluding hydrogens is 236 g/mol. The Morgan fingerprint density at radius 2 is 2.12 bits per heavy atom. The first kappa shape index (κ1) is 12.4. The first-order valence-electron chi connectivity index (χ1n) is 6.10. The third-order valence-electron chi connectivity index (χ3n) is 3.21. The number of amides is 1.